The van der Waals surface area contributed by atoms with E-state index >= 15 is 0 Å². The van der Waals surface area contributed by atoms with Gasteiger partial charge in [-0.3, -0.25) is 9.69 Å². The van der Waals surface area contributed by atoms with Crippen molar-refractivity contribution in [3.05, 3.63) is 0 Å². The molecule has 1 aliphatic heterocycles. The maximum atomic E-state index is 12.5. The fourth-order valence-electron chi connectivity index (χ4n) is 4.53. The summed E-state index contributed by atoms with van der Waals surface area (Å²) in [5.74, 6) is 0.0464. The van der Waals surface area contributed by atoms with E-state index in [2.05, 4.69) is 13.8 Å². The van der Waals surface area contributed by atoms with Crippen LogP contribution >= 0.6 is 12.2 Å². The molecule has 2 aliphatic carbocycles. The Labute approximate surface area is 124 Å². The van der Waals surface area contributed by atoms with Crippen LogP contribution in [0.25, 0.3) is 0 Å². The topological polar surface area (TPSA) is 59.0 Å². The minimum atomic E-state index is -1.47. The molecule has 1 unspecified atom stereocenters. The number of aliphatic hydroxyl groups excluding tert-OH is 1. The molecule has 1 heterocycles. The van der Waals surface area contributed by atoms with Crippen LogP contribution in [-0.4, -0.2) is 45.6 Å². The Morgan fingerprint density at radius 1 is 1.65 bits per heavy atom. The van der Waals surface area contributed by atoms with Crippen LogP contribution in [0.1, 0.15) is 40.0 Å². The summed E-state index contributed by atoms with van der Waals surface area (Å²) in [5.41, 5.74) is -0.469. The van der Waals surface area contributed by atoms with E-state index in [1.54, 1.807) is 6.92 Å². The third-order valence-electron chi connectivity index (χ3n) is 5.62. The van der Waals surface area contributed by atoms with E-state index in [0.29, 0.717) is 5.92 Å². The molecule has 5 nitrogen and oxygen atoms in total. The molecule has 2 saturated carbocycles. The molecule has 3 aliphatic rings. The molecule has 0 aromatic heterocycles. The Morgan fingerprint density at radius 3 is 2.95 bits per heavy atom. The predicted octanol–water partition coefficient (Wildman–Crippen LogP) is 1.43. The van der Waals surface area contributed by atoms with Crippen molar-refractivity contribution in [1.29, 1.82) is 0 Å². The summed E-state index contributed by atoms with van der Waals surface area (Å²) >= 11 is 5.25. The first-order chi connectivity index (χ1) is 9.36. The number of thiocarbonyl (C=S) groups is 1. The summed E-state index contributed by atoms with van der Waals surface area (Å²) in [4.78, 5) is 14.1. The summed E-state index contributed by atoms with van der Waals surface area (Å²) in [6, 6.07) is 0. The predicted molar refractivity (Wildman–Crippen MR) is 75.8 cm³/mol. The molecule has 1 spiro atoms. The van der Waals surface area contributed by atoms with Gasteiger partial charge in [-0.1, -0.05) is 13.8 Å². The lowest BCUT2D eigenvalue weighted by molar-refractivity contribution is -0.170. The molecule has 0 radical (unpaired) electrons. The average Bonchev–Trinajstić information content (AvgIpc) is 2.89. The zero-order valence-electron chi connectivity index (χ0n) is 12.1. The number of aliphatic hydroxyl groups is 1. The standard InChI is InChI=1S/C14H21NO4S/c1-4-18-11(17)10(16)15-12(20)19-9-7-8-5-6-14(9,15)13(8,2)3/h8-9,11,17H,4-7H2,1-3H3/t8-,9-,11?,14+/m1/s1. The van der Waals surface area contributed by atoms with Crippen LogP contribution in [0, 0.1) is 11.3 Å². The fourth-order valence-corrected chi connectivity index (χ4v) is 4.89. The SMILES string of the molecule is CCOC(O)C(=O)N1C(=S)O[C@@H]2C[C@H]3CC[C@@]21C3(C)C. The van der Waals surface area contributed by atoms with Crippen LogP contribution in [0.5, 0.6) is 0 Å². The van der Waals surface area contributed by atoms with Crippen LogP contribution in [0.4, 0.5) is 0 Å². The number of hydrogen-bond donors (Lipinski definition) is 1. The fraction of sp³-hybridized carbons (Fsp3) is 0.857. The van der Waals surface area contributed by atoms with E-state index in [4.69, 9.17) is 21.7 Å². The Bertz CT molecular complexity index is 466. The molecule has 3 fully saturated rings. The molecule has 112 valence electrons. The number of hydrogen-bond acceptors (Lipinski definition) is 5. The Morgan fingerprint density at radius 2 is 2.35 bits per heavy atom. The molecule has 0 aromatic rings. The molecule has 0 aromatic carbocycles. The van der Waals surface area contributed by atoms with Gasteiger partial charge < -0.3 is 14.6 Å². The minimum Gasteiger partial charge on any atom is -0.465 e. The Balaban J connectivity index is 1.98. The number of amides is 1. The highest BCUT2D eigenvalue weighted by atomic mass is 32.1. The molecular formula is C14H21NO4S. The largest absolute Gasteiger partial charge is 0.465 e. The first kappa shape index (κ1) is 14.2. The average molecular weight is 299 g/mol. The van der Waals surface area contributed by atoms with Crippen molar-refractivity contribution < 1.29 is 19.4 Å². The van der Waals surface area contributed by atoms with Gasteiger partial charge in [0.15, 0.2) is 0 Å². The summed E-state index contributed by atoms with van der Waals surface area (Å²) in [6.45, 7) is 6.36. The lowest BCUT2D eigenvalue weighted by atomic mass is 9.74. The second-order valence-corrected chi connectivity index (χ2v) is 6.82. The number of nitrogens with zero attached hydrogens (tertiary/aromatic N) is 1. The summed E-state index contributed by atoms with van der Waals surface area (Å²) < 4.78 is 10.8. The van der Waals surface area contributed by atoms with Crippen molar-refractivity contribution in [1.82, 2.24) is 4.90 Å². The van der Waals surface area contributed by atoms with Gasteiger partial charge in [0.25, 0.3) is 11.1 Å². The second-order valence-electron chi connectivity index (χ2n) is 6.47. The third kappa shape index (κ3) is 1.50. The van der Waals surface area contributed by atoms with Gasteiger partial charge in [-0.15, -0.1) is 0 Å². The normalized spacial score (nSPS) is 38.8. The van der Waals surface area contributed by atoms with Gasteiger partial charge in [-0.2, -0.15) is 0 Å². The zero-order chi connectivity index (χ0) is 14.7. The van der Waals surface area contributed by atoms with Gasteiger partial charge in [-0.05, 0) is 49.7 Å². The van der Waals surface area contributed by atoms with E-state index in [0.717, 1.165) is 19.3 Å². The van der Waals surface area contributed by atoms with Gasteiger partial charge in [0.2, 0.25) is 6.29 Å². The lowest BCUT2D eigenvalue weighted by Gasteiger charge is -2.42. The summed E-state index contributed by atoms with van der Waals surface area (Å²) in [6.07, 6.45) is 1.37. The molecule has 1 N–H and O–H groups in total. The van der Waals surface area contributed by atoms with Crippen molar-refractivity contribution in [2.45, 2.75) is 58.0 Å². The van der Waals surface area contributed by atoms with Crippen molar-refractivity contribution in [3.8, 4) is 0 Å². The number of carbonyl (C=O) groups is 1. The first-order valence-corrected chi connectivity index (χ1v) is 7.61. The zero-order valence-corrected chi connectivity index (χ0v) is 12.9. The maximum Gasteiger partial charge on any atom is 0.287 e. The van der Waals surface area contributed by atoms with Gasteiger partial charge >= 0.3 is 0 Å². The van der Waals surface area contributed by atoms with E-state index < -0.39 is 17.7 Å². The van der Waals surface area contributed by atoms with Crippen LogP contribution in [-0.2, 0) is 14.3 Å². The lowest BCUT2D eigenvalue weighted by Crippen LogP contribution is -2.59. The van der Waals surface area contributed by atoms with Gasteiger partial charge in [0.1, 0.15) is 6.10 Å². The Kier molecular flexibility index (Phi) is 3.12. The van der Waals surface area contributed by atoms with Crippen molar-refractivity contribution >= 4 is 23.3 Å². The smallest absolute Gasteiger partial charge is 0.287 e. The van der Waals surface area contributed by atoms with Gasteiger partial charge in [0, 0.05) is 6.61 Å². The van der Waals surface area contributed by atoms with E-state index in [1.165, 1.54) is 4.90 Å². The molecule has 1 amide bonds. The monoisotopic (exact) mass is 299 g/mol. The molecule has 20 heavy (non-hydrogen) atoms. The number of fused-ring (bicyclic) bond motifs is 1. The molecular weight excluding hydrogens is 278 g/mol. The van der Waals surface area contributed by atoms with Crippen LogP contribution in [0.2, 0.25) is 0 Å². The van der Waals surface area contributed by atoms with E-state index in [1.807, 2.05) is 0 Å². The third-order valence-corrected chi connectivity index (χ3v) is 5.90. The highest BCUT2D eigenvalue weighted by Crippen LogP contribution is 2.65. The van der Waals surface area contributed by atoms with Crippen LogP contribution < -0.4 is 0 Å². The van der Waals surface area contributed by atoms with Crippen molar-refractivity contribution in [2.75, 3.05) is 6.61 Å². The second kappa shape index (κ2) is 4.39. The van der Waals surface area contributed by atoms with Gasteiger partial charge in [0.05, 0.1) is 5.54 Å². The molecule has 3 rings (SSSR count). The summed E-state index contributed by atoms with van der Waals surface area (Å²) in [7, 11) is 0. The highest BCUT2D eigenvalue weighted by Gasteiger charge is 2.73. The van der Waals surface area contributed by atoms with E-state index in [-0.39, 0.29) is 23.3 Å². The number of rotatable bonds is 3. The summed E-state index contributed by atoms with van der Waals surface area (Å²) in [5, 5.41) is 10.1. The first-order valence-electron chi connectivity index (χ1n) is 7.20. The molecule has 6 heteroatoms. The molecule has 2 bridgehead atoms. The number of carbonyl (C=O) groups excluding carboxylic acids is 1. The molecule has 4 atom stereocenters. The quantitative estimate of drug-likeness (QED) is 0.631. The Hall–Kier alpha value is -0.720. The maximum absolute atomic E-state index is 12.5. The van der Waals surface area contributed by atoms with E-state index in [9.17, 15) is 9.90 Å². The van der Waals surface area contributed by atoms with Gasteiger partial charge in [-0.25, -0.2) is 0 Å². The minimum absolute atomic E-state index is 0.0403. The highest BCUT2D eigenvalue weighted by molar-refractivity contribution is 7.80. The van der Waals surface area contributed by atoms with Crippen LogP contribution in [0.3, 0.4) is 0 Å². The van der Waals surface area contributed by atoms with Crippen molar-refractivity contribution in [3.63, 3.8) is 0 Å². The molecule has 1 saturated heterocycles. The number of ether oxygens (including phenoxy) is 2. The van der Waals surface area contributed by atoms with Crippen LogP contribution in [0.15, 0.2) is 0 Å². The van der Waals surface area contributed by atoms with Crippen molar-refractivity contribution in [2.24, 2.45) is 11.3 Å².